The number of nitrogens with zero attached hydrogens (tertiary/aromatic N) is 4. The summed E-state index contributed by atoms with van der Waals surface area (Å²) in [5, 5.41) is 0. The Hall–Kier alpha value is -3.76. The van der Waals surface area contributed by atoms with E-state index in [0.717, 1.165) is 17.0 Å². The summed E-state index contributed by atoms with van der Waals surface area (Å²) in [6.45, 7) is 3.59. The van der Waals surface area contributed by atoms with E-state index in [1.807, 2.05) is 19.9 Å². The number of esters is 1. The molecule has 0 aliphatic carbocycles. The summed E-state index contributed by atoms with van der Waals surface area (Å²) in [6.07, 6.45) is -1.44. The Bertz CT molecular complexity index is 1170. The van der Waals surface area contributed by atoms with Crippen LogP contribution in [0.5, 0.6) is 0 Å². The molecule has 1 aliphatic rings. The molecule has 0 radical (unpaired) electrons. The van der Waals surface area contributed by atoms with E-state index < -0.39 is 24.2 Å². The van der Waals surface area contributed by atoms with Gasteiger partial charge in [0, 0.05) is 29.8 Å². The van der Waals surface area contributed by atoms with Gasteiger partial charge in [0.2, 0.25) is 0 Å². The van der Waals surface area contributed by atoms with Gasteiger partial charge in [0.25, 0.3) is 5.91 Å². The van der Waals surface area contributed by atoms with Crippen molar-refractivity contribution in [2.24, 2.45) is 0 Å². The lowest BCUT2D eigenvalue weighted by Crippen LogP contribution is -2.56. The molecule has 166 valence electrons. The van der Waals surface area contributed by atoms with Gasteiger partial charge in [-0.2, -0.15) is 13.2 Å². The minimum atomic E-state index is -5.06. The lowest BCUT2D eigenvalue weighted by molar-refractivity contribution is -0.209. The number of rotatable bonds is 4. The van der Waals surface area contributed by atoms with E-state index >= 15 is 0 Å². The standard InChI is InChI=1S/C21H18F3N5O3/c1-11-12(2)28-18(27-11)17-6-13(3-4-26-17)14-5-15(8-25-7-14)19(30)29-9-16(10-29)32-20(31)21(22,23)24/h3-8,16H,9-10H2,1-2H3,(H,27,28). The summed E-state index contributed by atoms with van der Waals surface area (Å²) in [7, 11) is 0. The topological polar surface area (TPSA) is 101 Å². The van der Waals surface area contributed by atoms with Crippen molar-refractivity contribution in [3.05, 3.63) is 53.7 Å². The number of pyridine rings is 2. The Morgan fingerprint density at radius 3 is 2.56 bits per heavy atom. The molecular weight excluding hydrogens is 427 g/mol. The predicted octanol–water partition coefficient (Wildman–Crippen LogP) is 3.08. The molecule has 11 heteroatoms. The number of aryl methyl sites for hydroxylation is 2. The molecule has 0 saturated carbocycles. The SMILES string of the molecule is Cc1nc(-c2cc(-c3cncc(C(=O)N4CC(OC(=O)C(F)(F)F)C4)c3)ccn2)[nH]c1C. The summed E-state index contributed by atoms with van der Waals surface area (Å²) in [5.41, 5.74) is 4.15. The molecule has 0 spiro atoms. The molecule has 1 N–H and O–H groups in total. The largest absolute Gasteiger partial charge is 0.490 e. The Morgan fingerprint density at radius 2 is 1.91 bits per heavy atom. The van der Waals surface area contributed by atoms with Gasteiger partial charge in [-0.1, -0.05) is 0 Å². The highest BCUT2D eigenvalue weighted by atomic mass is 19.4. The van der Waals surface area contributed by atoms with Gasteiger partial charge in [0.05, 0.1) is 24.3 Å². The van der Waals surface area contributed by atoms with Crippen LogP contribution in [0.3, 0.4) is 0 Å². The maximum absolute atomic E-state index is 12.7. The normalized spacial score (nSPS) is 14.2. The Kier molecular flexibility index (Phi) is 5.41. The van der Waals surface area contributed by atoms with E-state index in [1.54, 1.807) is 24.5 Å². The second-order valence-electron chi connectivity index (χ2n) is 7.42. The third-order valence-electron chi connectivity index (χ3n) is 5.09. The van der Waals surface area contributed by atoms with Gasteiger partial charge in [-0.05, 0) is 37.6 Å². The average molecular weight is 445 g/mol. The van der Waals surface area contributed by atoms with E-state index in [2.05, 4.69) is 24.7 Å². The minimum Gasteiger partial charge on any atom is -0.452 e. The van der Waals surface area contributed by atoms with E-state index in [9.17, 15) is 22.8 Å². The molecule has 1 amide bonds. The summed E-state index contributed by atoms with van der Waals surface area (Å²) in [4.78, 5) is 40.9. The number of aromatic nitrogens is 4. The number of likely N-dealkylation sites (tertiary alicyclic amines) is 1. The first-order chi connectivity index (χ1) is 15.1. The van der Waals surface area contributed by atoms with E-state index in [-0.39, 0.29) is 18.7 Å². The van der Waals surface area contributed by atoms with Crippen LogP contribution in [0.2, 0.25) is 0 Å². The van der Waals surface area contributed by atoms with Gasteiger partial charge < -0.3 is 14.6 Å². The molecule has 1 fully saturated rings. The van der Waals surface area contributed by atoms with Crippen LogP contribution in [0.1, 0.15) is 21.7 Å². The van der Waals surface area contributed by atoms with Crippen LogP contribution in [0, 0.1) is 13.8 Å². The highest BCUT2D eigenvalue weighted by Gasteiger charge is 2.45. The molecule has 32 heavy (non-hydrogen) atoms. The number of aromatic amines is 1. The maximum atomic E-state index is 12.7. The summed E-state index contributed by atoms with van der Waals surface area (Å²) in [6, 6.07) is 5.23. The first-order valence-electron chi connectivity index (χ1n) is 9.64. The average Bonchev–Trinajstić information content (AvgIpc) is 3.07. The van der Waals surface area contributed by atoms with Crippen LogP contribution in [0.15, 0.2) is 36.8 Å². The number of hydrogen-bond donors (Lipinski definition) is 1. The second kappa shape index (κ2) is 8.06. The fraction of sp³-hybridized carbons (Fsp3) is 0.286. The number of nitrogens with one attached hydrogen (secondary N) is 1. The van der Waals surface area contributed by atoms with Crippen LogP contribution in [-0.4, -0.2) is 62.1 Å². The zero-order valence-electron chi connectivity index (χ0n) is 17.1. The number of carbonyl (C=O) groups excluding carboxylic acids is 2. The molecule has 4 rings (SSSR count). The molecule has 0 aromatic carbocycles. The van der Waals surface area contributed by atoms with Crippen molar-refractivity contribution in [2.45, 2.75) is 26.1 Å². The Balaban J connectivity index is 1.47. The van der Waals surface area contributed by atoms with Crippen molar-refractivity contribution in [3.8, 4) is 22.6 Å². The molecule has 1 saturated heterocycles. The van der Waals surface area contributed by atoms with E-state index in [1.165, 1.54) is 11.1 Å². The van der Waals surface area contributed by atoms with Crippen molar-refractivity contribution >= 4 is 11.9 Å². The van der Waals surface area contributed by atoms with E-state index in [4.69, 9.17) is 0 Å². The highest BCUT2D eigenvalue weighted by Crippen LogP contribution is 2.26. The number of carbonyl (C=O) groups is 2. The smallest absolute Gasteiger partial charge is 0.452 e. The van der Waals surface area contributed by atoms with E-state index in [0.29, 0.717) is 17.1 Å². The maximum Gasteiger partial charge on any atom is 0.490 e. The second-order valence-corrected chi connectivity index (χ2v) is 7.42. The van der Waals surface area contributed by atoms with Crippen molar-refractivity contribution in [2.75, 3.05) is 13.1 Å². The van der Waals surface area contributed by atoms with Crippen LogP contribution >= 0.6 is 0 Å². The number of ether oxygens (including phenoxy) is 1. The zero-order valence-corrected chi connectivity index (χ0v) is 17.1. The molecule has 0 atom stereocenters. The predicted molar refractivity (Wildman–Crippen MR) is 106 cm³/mol. The lowest BCUT2D eigenvalue weighted by Gasteiger charge is -2.38. The van der Waals surface area contributed by atoms with Crippen LogP contribution in [-0.2, 0) is 9.53 Å². The Labute approximate surface area is 180 Å². The van der Waals surface area contributed by atoms with Gasteiger partial charge in [0.15, 0.2) is 5.82 Å². The number of halogens is 3. The fourth-order valence-corrected chi connectivity index (χ4v) is 3.20. The zero-order chi connectivity index (χ0) is 23.0. The number of H-pyrrole nitrogens is 1. The first kappa shape index (κ1) is 21.5. The molecule has 1 aliphatic heterocycles. The van der Waals surface area contributed by atoms with Crippen LogP contribution in [0.4, 0.5) is 13.2 Å². The number of hydrogen-bond acceptors (Lipinski definition) is 6. The molecule has 0 bridgehead atoms. The minimum absolute atomic E-state index is 0.110. The quantitative estimate of drug-likeness (QED) is 0.620. The monoisotopic (exact) mass is 445 g/mol. The third kappa shape index (κ3) is 4.32. The molecule has 8 nitrogen and oxygen atoms in total. The highest BCUT2D eigenvalue weighted by molar-refractivity contribution is 5.95. The number of amides is 1. The number of alkyl halides is 3. The van der Waals surface area contributed by atoms with Gasteiger partial charge in [-0.15, -0.1) is 0 Å². The molecular formula is C21H18F3N5O3. The van der Waals surface area contributed by atoms with Crippen LogP contribution < -0.4 is 0 Å². The van der Waals surface area contributed by atoms with Gasteiger partial charge in [0.1, 0.15) is 11.8 Å². The van der Waals surface area contributed by atoms with Crippen molar-refractivity contribution in [1.82, 2.24) is 24.8 Å². The molecule has 0 unspecified atom stereocenters. The van der Waals surface area contributed by atoms with Gasteiger partial charge in [-0.25, -0.2) is 9.78 Å². The first-order valence-corrected chi connectivity index (χ1v) is 9.64. The summed E-state index contributed by atoms with van der Waals surface area (Å²) >= 11 is 0. The molecule has 4 heterocycles. The Morgan fingerprint density at radius 1 is 1.16 bits per heavy atom. The fourth-order valence-electron chi connectivity index (χ4n) is 3.20. The molecule has 3 aromatic rings. The van der Waals surface area contributed by atoms with Crippen molar-refractivity contribution in [3.63, 3.8) is 0 Å². The number of imidazole rings is 1. The van der Waals surface area contributed by atoms with Gasteiger partial charge in [-0.3, -0.25) is 14.8 Å². The lowest BCUT2D eigenvalue weighted by atomic mass is 10.0. The van der Waals surface area contributed by atoms with Crippen molar-refractivity contribution < 1.29 is 27.5 Å². The molecule has 3 aromatic heterocycles. The van der Waals surface area contributed by atoms with Crippen molar-refractivity contribution in [1.29, 1.82) is 0 Å². The summed E-state index contributed by atoms with van der Waals surface area (Å²) in [5.74, 6) is -2.04. The summed E-state index contributed by atoms with van der Waals surface area (Å²) < 4.78 is 41.2. The third-order valence-corrected chi connectivity index (χ3v) is 5.09. The van der Waals surface area contributed by atoms with Gasteiger partial charge >= 0.3 is 12.1 Å². The van der Waals surface area contributed by atoms with Crippen LogP contribution in [0.25, 0.3) is 22.6 Å².